The Kier molecular flexibility index (Phi) is 4.69. The first-order valence-corrected chi connectivity index (χ1v) is 6.85. The summed E-state index contributed by atoms with van der Waals surface area (Å²) in [5.41, 5.74) is 0. The van der Waals surface area contributed by atoms with E-state index in [1.165, 1.54) is 10.4 Å². The molecule has 0 bridgehead atoms. The summed E-state index contributed by atoms with van der Waals surface area (Å²) in [6, 6.07) is 6.18. The van der Waals surface area contributed by atoms with Crippen LogP contribution in [0, 0.1) is 10.4 Å². The van der Waals surface area contributed by atoms with Gasteiger partial charge in [0.25, 0.3) is 0 Å². The van der Waals surface area contributed by atoms with Crippen LogP contribution in [0.15, 0.2) is 18.2 Å². The Morgan fingerprint density at radius 2 is 2.11 bits per heavy atom. The molecule has 0 radical (unpaired) electrons. The zero-order valence-electron chi connectivity index (χ0n) is 10.1. The van der Waals surface area contributed by atoms with Crippen molar-refractivity contribution in [3.63, 3.8) is 0 Å². The molecule has 6 nitrogen and oxygen atoms in total. The van der Waals surface area contributed by atoms with E-state index in [2.05, 4.69) is 12.1 Å². The van der Waals surface area contributed by atoms with Gasteiger partial charge in [0.2, 0.25) is 15.9 Å². The van der Waals surface area contributed by atoms with E-state index in [0.29, 0.717) is 0 Å². The first-order chi connectivity index (χ1) is 8.39. The Morgan fingerprint density at radius 3 is 2.33 bits per heavy atom. The average molecular weight is 273 g/mol. The van der Waals surface area contributed by atoms with Crippen LogP contribution in [-0.4, -0.2) is 38.9 Å². The number of hydrogen-bond donors (Lipinski definition) is 2. The second-order valence-corrected chi connectivity index (χ2v) is 5.46. The van der Waals surface area contributed by atoms with Crippen LogP contribution in [0.3, 0.4) is 0 Å². The number of amides is 1. The molecule has 2 aliphatic rings. The minimum atomic E-state index is -3.58. The zero-order valence-corrected chi connectivity index (χ0v) is 11.0. The molecule has 0 unspecified atom stereocenters. The number of ether oxygens (including phenoxy) is 1. The molecule has 2 aliphatic carbocycles. The van der Waals surface area contributed by atoms with Gasteiger partial charge < -0.3 is 9.84 Å². The summed E-state index contributed by atoms with van der Waals surface area (Å²) in [5, 5.41) is 10.8. The molecule has 0 heterocycles. The van der Waals surface area contributed by atoms with Crippen LogP contribution in [0.4, 0.5) is 0 Å². The van der Waals surface area contributed by atoms with E-state index in [9.17, 15) is 13.2 Å². The van der Waals surface area contributed by atoms with E-state index in [0.717, 1.165) is 12.7 Å². The molecule has 2 rings (SSSR count). The summed E-state index contributed by atoms with van der Waals surface area (Å²) < 4.78 is 27.8. The SMILES string of the molecule is CC(=O)NS(=O)(=O)CCO.COc1cc2ccc1=2. The highest BCUT2D eigenvalue weighted by molar-refractivity contribution is 7.90. The van der Waals surface area contributed by atoms with E-state index < -0.39 is 28.3 Å². The van der Waals surface area contributed by atoms with E-state index in [-0.39, 0.29) is 0 Å². The lowest BCUT2D eigenvalue weighted by Gasteiger charge is -2.08. The standard InChI is InChI=1S/C7H6O.C4H9NO4S/c1-8-7-4-5-2-3-6(5)7;1-4(7)5-10(8,9)3-2-6/h2-4H,1H3;6H,2-3H2,1H3,(H,5,7). The molecule has 0 spiro atoms. The Balaban J connectivity index is 0.000000182. The van der Waals surface area contributed by atoms with Gasteiger partial charge in [-0.25, -0.2) is 8.42 Å². The van der Waals surface area contributed by atoms with Gasteiger partial charge in [-0.05, 0) is 11.3 Å². The van der Waals surface area contributed by atoms with Crippen molar-refractivity contribution in [2.75, 3.05) is 19.5 Å². The van der Waals surface area contributed by atoms with Crippen molar-refractivity contribution in [2.45, 2.75) is 6.92 Å². The summed E-state index contributed by atoms with van der Waals surface area (Å²) in [7, 11) is -1.88. The third-order valence-corrected chi connectivity index (χ3v) is 3.49. The summed E-state index contributed by atoms with van der Waals surface area (Å²) in [6.07, 6.45) is 0. The largest absolute Gasteiger partial charge is 0.496 e. The highest BCUT2D eigenvalue weighted by Gasteiger charge is 2.09. The van der Waals surface area contributed by atoms with E-state index in [1.807, 2.05) is 6.07 Å². The Hall–Kier alpha value is -1.60. The van der Waals surface area contributed by atoms with Crippen LogP contribution < -0.4 is 9.46 Å². The molecule has 0 atom stereocenters. The number of carbonyl (C=O) groups is 1. The van der Waals surface area contributed by atoms with E-state index >= 15 is 0 Å². The number of aliphatic hydroxyl groups is 1. The van der Waals surface area contributed by atoms with Gasteiger partial charge >= 0.3 is 0 Å². The average Bonchev–Trinajstić information content (AvgIpc) is 2.21. The molecule has 100 valence electrons. The first-order valence-electron chi connectivity index (χ1n) is 5.20. The molecule has 7 heteroatoms. The summed E-state index contributed by atoms with van der Waals surface area (Å²) >= 11 is 0. The van der Waals surface area contributed by atoms with Gasteiger partial charge in [-0.15, -0.1) is 0 Å². The van der Waals surface area contributed by atoms with Crippen molar-refractivity contribution in [3.8, 4) is 5.75 Å². The van der Waals surface area contributed by atoms with Gasteiger partial charge in [0, 0.05) is 12.1 Å². The number of nitrogens with one attached hydrogen (secondary N) is 1. The van der Waals surface area contributed by atoms with Gasteiger partial charge in [-0.2, -0.15) is 0 Å². The molecule has 0 aromatic rings. The minimum absolute atomic E-state index is 0.438. The molecule has 0 fully saturated rings. The van der Waals surface area contributed by atoms with Crippen LogP contribution in [0.1, 0.15) is 6.92 Å². The lowest BCUT2D eigenvalue weighted by Crippen LogP contribution is -2.31. The number of benzene rings is 1. The second-order valence-electron chi connectivity index (χ2n) is 3.62. The highest BCUT2D eigenvalue weighted by atomic mass is 32.2. The third-order valence-electron chi connectivity index (χ3n) is 2.17. The monoisotopic (exact) mass is 273 g/mol. The van der Waals surface area contributed by atoms with Crippen LogP contribution in [0.5, 0.6) is 5.75 Å². The van der Waals surface area contributed by atoms with Crippen molar-refractivity contribution in [3.05, 3.63) is 28.6 Å². The summed E-state index contributed by atoms with van der Waals surface area (Å²) in [6.45, 7) is 0.609. The van der Waals surface area contributed by atoms with Crippen molar-refractivity contribution in [1.82, 2.24) is 4.72 Å². The first kappa shape index (κ1) is 14.5. The Bertz CT molecular complexity index is 623. The molecule has 0 saturated heterocycles. The number of methoxy groups -OCH3 is 1. The van der Waals surface area contributed by atoms with Gasteiger partial charge in [0.05, 0.1) is 19.5 Å². The van der Waals surface area contributed by atoms with Crippen molar-refractivity contribution in [1.29, 1.82) is 0 Å². The Labute approximate surface area is 105 Å². The fourth-order valence-corrected chi connectivity index (χ4v) is 2.09. The normalized spacial score (nSPS) is 11.1. The zero-order chi connectivity index (χ0) is 13.8. The van der Waals surface area contributed by atoms with Gasteiger partial charge in [0.15, 0.2) is 0 Å². The number of aliphatic hydroxyl groups excluding tert-OH is 1. The van der Waals surface area contributed by atoms with Crippen LogP contribution >= 0.6 is 0 Å². The molecular weight excluding hydrogens is 258 g/mol. The fourth-order valence-electron chi connectivity index (χ4n) is 1.31. The molecule has 0 aromatic carbocycles. The Morgan fingerprint density at radius 1 is 1.44 bits per heavy atom. The van der Waals surface area contributed by atoms with Crippen LogP contribution in [-0.2, 0) is 14.8 Å². The number of hydrogen-bond acceptors (Lipinski definition) is 5. The number of rotatable bonds is 4. The number of carbonyl (C=O) groups excluding carboxylic acids is 1. The van der Waals surface area contributed by atoms with Crippen LogP contribution in [0.25, 0.3) is 0 Å². The minimum Gasteiger partial charge on any atom is -0.496 e. The van der Waals surface area contributed by atoms with Crippen molar-refractivity contribution in [2.24, 2.45) is 0 Å². The van der Waals surface area contributed by atoms with E-state index in [4.69, 9.17) is 9.84 Å². The molecule has 0 saturated carbocycles. The predicted molar refractivity (Wildman–Crippen MR) is 65.4 cm³/mol. The smallest absolute Gasteiger partial charge is 0.237 e. The van der Waals surface area contributed by atoms with Crippen molar-refractivity contribution >= 4 is 15.9 Å². The maximum absolute atomic E-state index is 10.5. The summed E-state index contributed by atoms with van der Waals surface area (Å²) in [5.74, 6) is -0.0528. The van der Waals surface area contributed by atoms with Crippen molar-refractivity contribution < 1.29 is 23.1 Å². The lowest BCUT2D eigenvalue weighted by atomic mass is 10.1. The van der Waals surface area contributed by atoms with Gasteiger partial charge in [0.1, 0.15) is 5.75 Å². The fraction of sp³-hybridized carbons (Fsp3) is 0.364. The molecule has 1 amide bonds. The highest BCUT2D eigenvalue weighted by Crippen LogP contribution is 2.22. The number of sulfonamides is 1. The molecular formula is C11H15NO5S. The topological polar surface area (TPSA) is 92.7 Å². The predicted octanol–water partition coefficient (Wildman–Crippen LogP) is -0.260. The summed E-state index contributed by atoms with van der Waals surface area (Å²) in [4.78, 5) is 10.2. The van der Waals surface area contributed by atoms with Crippen LogP contribution in [0.2, 0.25) is 0 Å². The molecule has 18 heavy (non-hydrogen) atoms. The maximum Gasteiger partial charge on any atom is 0.237 e. The maximum atomic E-state index is 10.5. The molecule has 0 aromatic heterocycles. The quantitative estimate of drug-likeness (QED) is 0.800. The lowest BCUT2D eigenvalue weighted by molar-refractivity contribution is -0.117. The van der Waals surface area contributed by atoms with Gasteiger partial charge in [-0.3, -0.25) is 9.52 Å². The van der Waals surface area contributed by atoms with E-state index in [1.54, 1.807) is 11.8 Å². The van der Waals surface area contributed by atoms with Gasteiger partial charge in [-0.1, -0.05) is 12.1 Å². The third kappa shape index (κ3) is 3.71. The molecule has 2 N–H and O–H groups in total. The molecule has 0 aliphatic heterocycles. The second kappa shape index (κ2) is 5.83.